The number of hydrogen-bond donors (Lipinski definition) is 1. The molecule has 0 saturated carbocycles. The number of nitrogens with two attached hydrogens (primary N) is 1. The zero-order chi connectivity index (χ0) is 12.5. The van der Waals surface area contributed by atoms with E-state index in [0.717, 1.165) is 6.42 Å². The van der Waals surface area contributed by atoms with Gasteiger partial charge in [0.2, 0.25) is 5.88 Å². The highest BCUT2D eigenvalue weighted by molar-refractivity contribution is 6.29. The fourth-order valence-electron chi connectivity index (χ4n) is 1.18. The van der Waals surface area contributed by atoms with Gasteiger partial charge in [-0.2, -0.15) is 0 Å². The highest BCUT2D eigenvalue weighted by Gasteiger charge is 1.99. The molecule has 1 heterocycles. The Labute approximate surface area is 106 Å². The highest BCUT2D eigenvalue weighted by Crippen LogP contribution is 2.17. The molecular formula is C11H17ClN2O3. The number of hydrogen-bond acceptors (Lipinski definition) is 5. The van der Waals surface area contributed by atoms with Crippen molar-refractivity contribution in [2.24, 2.45) is 0 Å². The molecular weight excluding hydrogens is 244 g/mol. The van der Waals surface area contributed by atoms with Gasteiger partial charge in [-0.05, 0) is 12.5 Å². The number of anilines is 1. The summed E-state index contributed by atoms with van der Waals surface area (Å²) in [6, 6.07) is 3.19. The molecule has 0 fully saturated rings. The van der Waals surface area contributed by atoms with E-state index < -0.39 is 0 Å². The summed E-state index contributed by atoms with van der Waals surface area (Å²) in [5.41, 5.74) is 6.12. The SMILES string of the molecule is COCCCOCCOc1cc(N)cc(Cl)n1. The lowest BCUT2D eigenvalue weighted by atomic mass is 10.4. The van der Waals surface area contributed by atoms with E-state index in [4.69, 9.17) is 31.5 Å². The molecule has 1 rings (SSSR count). The smallest absolute Gasteiger partial charge is 0.216 e. The molecule has 2 N–H and O–H groups in total. The van der Waals surface area contributed by atoms with Crippen LogP contribution in [0.25, 0.3) is 0 Å². The Bertz CT molecular complexity index is 316. The largest absolute Gasteiger partial charge is 0.475 e. The van der Waals surface area contributed by atoms with Crippen LogP contribution in [-0.2, 0) is 9.47 Å². The topological polar surface area (TPSA) is 66.6 Å². The lowest BCUT2D eigenvalue weighted by molar-refractivity contribution is 0.0796. The predicted octanol–water partition coefficient (Wildman–Crippen LogP) is 1.75. The van der Waals surface area contributed by atoms with Gasteiger partial charge in [-0.15, -0.1) is 0 Å². The van der Waals surface area contributed by atoms with E-state index in [1.54, 1.807) is 19.2 Å². The molecule has 0 spiro atoms. The standard InChI is InChI=1S/C11H17ClN2O3/c1-15-3-2-4-16-5-6-17-11-8-9(13)7-10(12)14-11/h7-8H,2-6H2,1H3,(H2,13,14). The molecule has 96 valence electrons. The molecule has 0 bridgehead atoms. The third-order valence-corrected chi connectivity index (χ3v) is 2.10. The normalized spacial score (nSPS) is 10.5. The van der Waals surface area contributed by atoms with Crippen molar-refractivity contribution in [3.8, 4) is 5.88 Å². The summed E-state index contributed by atoms with van der Waals surface area (Å²) in [4.78, 5) is 3.97. The first kappa shape index (κ1) is 14.0. The minimum absolute atomic E-state index is 0.320. The zero-order valence-corrected chi connectivity index (χ0v) is 10.6. The quantitative estimate of drug-likeness (QED) is 0.570. The maximum atomic E-state index is 5.73. The van der Waals surface area contributed by atoms with Crippen molar-refractivity contribution in [3.63, 3.8) is 0 Å². The van der Waals surface area contributed by atoms with Crippen LogP contribution in [0.15, 0.2) is 12.1 Å². The second kappa shape index (κ2) is 8.11. The lowest BCUT2D eigenvalue weighted by Gasteiger charge is -2.07. The Morgan fingerprint density at radius 3 is 2.76 bits per heavy atom. The summed E-state index contributed by atoms with van der Waals surface area (Å²) in [6.07, 6.45) is 0.874. The van der Waals surface area contributed by atoms with Crippen LogP contribution in [0.5, 0.6) is 5.88 Å². The van der Waals surface area contributed by atoms with Crippen molar-refractivity contribution in [2.45, 2.75) is 6.42 Å². The van der Waals surface area contributed by atoms with E-state index in [1.165, 1.54) is 0 Å². The Hall–Kier alpha value is -1.04. The van der Waals surface area contributed by atoms with Crippen LogP contribution < -0.4 is 10.5 Å². The number of nitrogen functional groups attached to an aromatic ring is 1. The van der Waals surface area contributed by atoms with Crippen molar-refractivity contribution in [1.29, 1.82) is 0 Å². The lowest BCUT2D eigenvalue weighted by Crippen LogP contribution is -2.09. The third-order valence-electron chi connectivity index (χ3n) is 1.91. The third kappa shape index (κ3) is 6.31. The maximum absolute atomic E-state index is 5.73. The molecule has 0 radical (unpaired) electrons. The zero-order valence-electron chi connectivity index (χ0n) is 9.82. The van der Waals surface area contributed by atoms with Crippen LogP contribution in [-0.4, -0.2) is 38.5 Å². The van der Waals surface area contributed by atoms with Crippen molar-refractivity contribution in [1.82, 2.24) is 4.98 Å². The molecule has 0 aromatic carbocycles. The van der Waals surface area contributed by atoms with Gasteiger partial charge in [-0.25, -0.2) is 4.98 Å². The average Bonchev–Trinajstić information content (AvgIpc) is 2.26. The van der Waals surface area contributed by atoms with Crippen LogP contribution in [0, 0.1) is 0 Å². The van der Waals surface area contributed by atoms with E-state index in [2.05, 4.69) is 4.98 Å². The maximum Gasteiger partial charge on any atom is 0.216 e. The Morgan fingerprint density at radius 1 is 1.24 bits per heavy atom. The van der Waals surface area contributed by atoms with Crippen molar-refractivity contribution in [3.05, 3.63) is 17.3 Å². The first-order valence-corrected chi connectivity index (χ1v) is 5.72. The van der Waals surface area contributed by atoms with Crippen LogP contribution in [0.2, 0.25) is 5.15 Å². The van der Waals surface area contributed by atoms with Gasteiger partial charge in [0.05, 0.1) is 6.61 Å². The van der Waals surface area contributed by atoms with Crippen LogP contribution in [0.4, 0.5) is 5.69 Å². The van der Waals surface area contributed by atoms with Gasteiger partial charge < -0.3 is 19.9 Å². The molecule has 0 atom stereocenters. The molecule has 0 aliphatic carbocycles. The molecule has 0 unspecified atom stereocenters. The molecule has 0 saturated heterocycles. The van der Waals surface area contributed by atoms with Gasteiger partial charge in [0, 0.05) is 32.1 Å². The Kier molecular flexibility index (Phi) is 6.69. The number of rotatable bonds is 8. The van der Waals surface area contributed by atoms with E-state index in [1.807, 2.05) is 0 Å². The molecule has 1 aromatic heterocycles. The summed E-state index contributed by atoms with van der Waals surface area (Å²) in [5, 5.41) is 0.320. The van der Waals surface area contributed by atoms with Crippen molar-refractivity contribution in [2.75, 3.05) is 39.3 Å². The van der Waals surface area contributed by atoms with Crippen molar-refractivity contribution < 1.29 is 14.2 Å². The number of ether oxygens (including phenoxy) is 3. The summed E-state index contributed by atoms with van der Waals surface area (Å²) in [6.45, 7) is 2.27. The van der Waals surface area contributed by atoms with Crippen LogP contribution in [0.3, 0.4) is 0 Å². The molecule has 0 aliphatic heterocycles. The number of pyridine rings is 1. The first-order chi connectivity index (χ1) is 8.22. The molecule has 17 heavy (non-hydrogen) atoms. The van der Waals surface area contributed by atoms with E-state index in [9.17, 15) is 0 Å². The Balaban J connectivity index is 2.13. The number of nitrogens with zero attached hydrogens (tertiary/aromatic N) is 1. The van der Waals surface area contributed by atoms with Gasteiger partial charge in [0.1, 0.15) is 11.8 Å². The fraction of sp³-hybridized carbons (Fsp3) is 0.545. The van der Waals surface area contributed by atoms with E-state index >= 15 is 0 Å². The molecule has 1 aromatic rings. The number of aromatic nitrogens is 1. The minimum atomic E-state index is 0.320. The van der Waals surface area contributed by atoms with Gasteiger partial charge >= 0.3 is 0 Å². The molecule has 5 nitrogen and oxygen atoms in total. The minimum Gasteiger partial charge on any atom is -0.475 e. The van der Waals surface area contributed by atoms with Crippen molar-refractivity contribution >= 4 is 17.3 Å². The first-order valence-electron chi connectivity index (χ1n) is 5.35. The highest BCUT2D eigenvalue weighted by atomic mass is 35.5. The van der Waals surface area contributed by atoms with Gasteiger partial charge in [-0.1, -0.05) is 11.6 Å². The summed E-state index contributed by atoms with van der Waals surface area (Å²) >= 11 is 5.73. The van der Waals surface area contributed by atoms with Gasteiger partial charge in [-0.3, -0.25) is 0 Å². The molecule has 0 aliphatic rings. The number of methoxy groups -OCH3 is 1. The monoisotopic (exact) mass is 260 g/mol. The average molecular weight is 261 g/mol. The van der Waals surface area contributed by atoms with Gasteiger partial charge in [0.15, 0.2) is 0 Å². The Morgan fingerprint density at radius 2 is 2.06 bits per heavy atom. The van der Waals surface area contributed by atoms with E-state index in [0.29, 0.717) is 43.1 Å². The second-order valence-electron chi connectivity index (χ2n) is 3.37. The fourth-order valence-corrected chi connectivity index (χ4v) is 1.39. The predicted molar refractivity (Wildman–Crippen MR) is 66.5 cm³/mol. The molecule has 0 amide bonds. The summed E-state index contributed by atoms with van der Waals surface area (Å²) in [5.74, 6) is 0.412. The number of halogens is 1. The van der Waals surface area contributed by atoms with Gasteiger partial charge in [0.25, 0.3) is 0 Å². The second-order valence-corrected chi connectivity index (χ2v) is 3.76. The van der Waals surface area contributed by atoms with Crippen LogP contribution in [0.1, 0.15) is 6.42 Å². The van der Waals surface area contributed by atoms with E-state index in [-0.39, 0.29) is 0 Å². The summed E-state index contributed by atoms with van der Waals surface area (Å²) < 4.78 is 15.6. The van der Waals surface area contributed by atoms with Crippen LogP contribution >= 0.6 is 11.6 Å². The summed E-state index contributed by atoms with van der Waals surface area (Å²) in [7, 11) is 1.67. The molecule has 6 heteroatoms.